The van der Waals surface area contributed by atoms with Crippen molar-refractivity contribution < 1.29 is 23.7 Å². The Balaban J connectivity index is 1.44. The highest BCUT2D eigenvalue weighted by Gasteiger charge is 2.13. The zero-order chi connectivity index (χ0) is 18.4. The lowest BCUT2D eigenvalue weighted by Gasteiger charge is -2.09. The summed E-state index contributed by atoms with van der Waals surface area (Å²) >= 11 is 0. The van der Waals surface area contributed by atoms with Gasteiger partial charge < -0.3 is 24.3 Å². The fourth-order valence-electron chi connectivity index (χ4n) is 2.80. The Morgan fingerprint density at radius 2 is 1.69 bits per heavy atom. The van der Waals surface area contributed by atoms with Gasteiger partial charge in [-0.3, -0.25) is 4.79 Å². The van der Waals surface area contributed by atoms with Crippen LogP contribution in [-0.2, 0) is 17.6 Å². The van der Waals surface area contributed by atoms with E-state index in [-0.39, 0.29) is 12.7 Å². The maximum Gasteiger partial charge on any atom is 0.231 e. The summed E-state index contributed by atoms with van der Waals surface area (Å²) in [6.45, 7) is 0.852. The molecule has 26 heavy (non-hydrogen) atoms. The minimum Gasteiger partial charge on any atom is -0.497 e. The van der Waals surface area contributed by atoms with E-state index in [1.807, 2.05) is 36.4 Å². The number of amides is 1. The summed E-state index contributed by atoms with van der Waals surface area (Å²) in [5.74, 6) is 3.00. The van der Waals surface area contributed by atoms with Gasteiger partial charge in [0, 0.05) is 19.0 Å². The van der Waals surface area contributed by atoms with E-state index in [2.05, 4.69) is 5.32 Å². The number of aryl methyl sites for hydroxylation is 1. The summed E-state index contributed by atoms with van der Waals surface area (Å²) in [5, 5.41) is 2.95. The highest BCUT2D eigenvalue weighted by Crippen LogP contribution is 2.32. The van der Waals surface area contributed by atoms with E-state index >= 15 is 0 Å². The van der Waals surface area contributed by atoms with Crippen molar-refractivity contribution in [3.63, 3.8) is 0 Å². The number of fused-ring (bicyclic) bond motifs is 1. The Kier molecular flexibility index (Phi) is 5.84. The molecule has 0 spiro atoms. The van der Waals surface area contributed by atoms with E-state index in [9.17, 15) is 4.79 Å². The summed E-state index contributed by atoms with van der Waals surface area (Å²) in [5.41, 5.74) is 2.11. The molecule has 0 saturated carbocycles. The predicted octanol–water partition coefficient (Wildman–Crippen LogP) is 2.72. The fraction of sp³-hybridized carbons (Fsp3) is 0.350. The van der Waals surface area contributed by atoms with Gasteiger partial charge in [0.2, 0.25) is 12.7 Å². The molecular formula is C20H23NO5. The van der Waals surface area contributed by atoms with Crippen LogP contribution in [-0.4, -0.2) is 33.5 Å². The third-order valence-corrected chi connectivity index (χ3v) is 4.22. The Bertz CT molecular complexity index is 753. The van der Waals surface area contributed by atoms with Gasteiger partial charge in [-0.05, 0) is 48.2 Å². The van der Waals surface area contributed by atoms with Crippen molar-refractivity contribution in [2.45, 2.75) is 19.3 Å². The number of benzene rings is 2. The third kappa shape index (κ3) is 4.59. The van der Waals surface area contributed by atoms with Crippen molar-refractivity contribution in [3.8, 4) is 23.0 Å². The monoisotopic (exact) mass is 357 g/mol. The zero-order valence-corrected chi connectivity index (χ0v) is 15.0. The molecule has 3 rings (SSSR count). The number of nitrogens with one attached hydrogen (secondary N) is 1. The number of hydrogen-bond acceptors (Lipinski definition) is 5. The number of methoxy groups -OCH3 is 2. The van der Waals surface area contributed by atoms with Crippen LogP contribution in [0.3, 0.4) is 0 Å². The van der Waals surface area contributed by atoms with Crippen LogP contribution in [0, 0.1) is 0 Å². The average Bonchev–Trinajstić information content (AvgIpc) is 3.14. The predicted molar refractivity (Wildman–Crippen MR) is 97.1 cm³/mol. The van der Waals surface area contributed by atoms with E-state index in [0.717, 1.165) is 40.5 Å². The topological polar surface area (TPSA) is 66.0 Å². The summed E-state index contributed by atoms with van der Waals surface area (Å²) in [6, 6.07) is 11.5. The molecule has 1 aliphatic heterocycles. The standard InChI is InChI=1S/C20H23NO5/c1-23-16-9-15(10-17(12-16)24-2)4-6-20(22)21-8-7-14-3-5-18-19(11-14)26-13-25-18/h3,5,9-12H,4,6-8,13H2,1-2H3,(H,21,22). The number of hydrogen-bond donors (Lipinski definition) is 1. The summed E-state index contributed by atoms with van der Waals surface area (Å²) < 4.78 is 21.2. The van der Waals surface area contributed by atoms with Gasteiger partial charge in [0.05, 0.1) is 14.2 Å². The minimum absolute atomic E-state index is 0.0209. The Morgan fingerprint density at radius 1 is 0.962 bits per heavy atom. The highest BCUT2D eigenvalue weighted by atomic mass is 16.7. The molecule has 0 aromatic heterocycles. The second kappa shape index (κ2) is 8.47. The van der Waals surface area contributed by atoms with Crippen molar-refractivity contribution in [3.05, 3.63) is 47.5 Å². The Hall–Kier alpha value is -2.89. The summed E-state index contributed by atoms with van der Waals surface area (Å²) in [7, 11) is 3.22. The molecule has 1 heterocycles. The van der Waals surface area contributed by atoms with E-state index in [0.29, 0.717) is 19.4 Å². The molecule has 1 aliphatic rings. The quantitative estimate of drug-likeness (QED) is 0.787. The van der Waals surface area contributed by atoms with E-state index < -0.39 is 0 Å². The SMILES string of the molecule is COc1cc(CCC(=O)NCCc2ccc3c(c2)OCO3)cc(OC)c1. The van der Waals surface area contributed by atoms with Crippen molar-refractivity contribution in [2.75, 3.05) is 27.6 Å². The molecule has 1 N–H and O–H groups in total. The molecule has 6 nitrogen and oxygen atoms in total. The largest absolute Gasteiger partial charge is 0.497 e. The van der Waals surface area contributed by atoms with Gasteiger partial charge in [-0.2, -0.15) is 0 Å². The minimum atomic E-state index is 0.0209. The van der Waals surface area contributed by atoms with Crippen LogP contribution in [0.25, 0.3) is 0 Å². The maximum absolute atomic E-state index is 12.1. The molecule has 0 saturated heterocycles. The molecule has 0 bridgehead atoms. The fourth-order valence-corrected chi connectivity index (χ4v) is 2.80. The first kappa shape index (κ1) is 17.9. The lowest BCUT2D eigenvalue weighted by atomic mass is 10.1. The van der Waals surface area contributed by atoms with Gasteiger partial charge in [-0.1, -0.05) is 6.07 Å². The van der Waals surface area contributed by atoms with Crippen molar-refractivity contribution in [2.24, 2.45) is 0 Å². The molecule has 138 valence electrons. The molecular weight excluding hydrogens is 334 g/mol. The van der Waals surface area contributed by atoms with Gasteiger partial charge >= 0.3 is 0 Å². The van der Waals surface area contributed by atoms with E-state index in [1.54, 1.807) is 14.2 Å². The van der Waals surface area contributed by atoms with Gasteiger partial charge in [0.15, 0.2) is 11.5 Å². The normalized spacial score (nSPS) is 11.9. The van der Waals surface area contributed by atoms with Gasteiger partial charge in [0.1, 0.15) is 11.5 Å². The number of carbonyl (C=O) groups is 1. The molecule has 2 aromatic rings. The average molecular weight is 357 g/mol. The Labute approximate surface area is 153 Å². The molecule has 2 aromatic carbocycles. The summed E-state index contributed by atoms with van der Waals surface area (Å²) in [4.78, 5) is 12.1. The van der Waals surface area contributed by atoms with Crippen LogP contribution in [0.15, 0.2) is 36.4 Å². The number of carbonyl (C=O) groups excluding carboxylic acids is 1. The van der Waals surface area contributed by atoms with Gasteiger partial charge in [-0.15, -0.1) is 0 Å². The lowest BCUT2D eigenvalue weighted by molar-refractivity contribution is -0.121. The van der Waals surface area contributed by atoms with E-state index in [1.165, 1.54) is 0 Å². The second-order valence-corrected chi connectivity index (χ2v) is 6.01. The van der Waals surface area contributed by atoms with Crippen LogP contribution < -0.4 is 24.3 Å². The molecule has 0 radical (unpaired) electrons. The molecule has 0 atom stereocenters. The van der Waals surface area contributed by atoms with Crippen molar-refractivity contribution in [1.82, 2.24) is 5.32 Å². The summed E-state index contributed by atoms with van der Waals surface area (Å²) in [6.07, 6.45) is 1.79. The highest BCUT2D eigenvalue weighted by molar-refractivity contribution is 5.76. The second-order valence-electron chi connectivity index (χ2n) is 6.01. The first-order chi connectivity index (χ1) is 12.7. The molecule has 0 aliphatic carbocycles. The number of rotatable bonds is 8. The van der Waals surface area contributed by atoms with Gasteiger partial charge in [0.25, 0.3) is 0 Å². The molecule has 0 fully saturated rings. The van der Waals surface area contributed by atoms with Crippen molar-refractivity contribution >= 4 is 5.91 Å². The zero-order valence-electron chi connectivity index (χ0n) is 15.0. The number of ether oxygens (including phenoxy) is 4. The molecule has 1 amide bonds. The molecule has 0 unspecified atom stereocenters. The van der Waals surface area contributed by atoms with Crippen LogP contribution in [0.2, 0.25) is 0 Å². The van der Waals surface area contributed by atoms with Crippen LogP contribution >= 0.6 is 0 Å². The van der Waals surface area contributed by atoms with E-state index in [4.69, 9.17) is 18.9 Å². The lowest BCUT2D eigenvalue weighted by Crippen LogP contribution is -2.25. The molecule has 6 heteroatoms. The smallest absolute Gasteiger partial charge is 0.231 e. The van der Waals surface area contributed by atoms with Crippen LogP contribution in [0.4, 0.5) is 0 Å². The van der Waals surface area contributed by atoms with Gasteiger partial charge in [-0.25, -0.2) is 0 Å². The Morgan fingerprint density at radius 3 is 2.42 bits per heavy atom. The van der Waals surface area contributed by atoms with Crippen LogP contribution in [0.1, 0.15) is 17.5 Å². The third-order valence-electron chi connectivity index (χ3n) is 4.22. The van der Waals surface area contributed by atoms with Crippen LogP contribution in [0.5, 0.6) is 23.0 Å². The first-order valence-corrected chi connectivity index (χ1v) is 8.55. The first-order valence-electron chi connectivity index (χ1n) is 8.55. The van der Waals surface area contributed by atoms with Crippen molar-refractivity contribution in [1.29, 1.82) is 0 Å². The maximum atomic E-state index is 12.1.